The van der Waals surface area contributed by atoms with Crippen LogP contribution in [0.25, 0.3) is 0 Å². The molecule has 16 heavy (non-hydrogen) atoms. The summed E-state index contributed by atoms with van der Waals surface area (Å²) in [6.07, 6.45) is 0. The molecule has 0 amide bonds. The number of nitrogens with one attached hydrogen (secondary N) is 1. The molecular formula is C9H8N2O4S. The minimum Gasteiger partial charge on any atom is -0.480 e. The summed E-state index contributed by atoms with van der Waals surface area (Å²) >= 11 is 0. The molecule has 0 unspecified atom stereocenters. The first-order valence-electron chi connectivity index (χ1n) is 4.17. The first-order valence-corrected chi connectivity index (χ1v) is 5.65. The van der Waals surface area contributed by atoms with Crippen molar-refractivity contribution in [3.63, 3.8) is 0 Å². The van der Waals surface area contributed by atoms with Gasteiger partial charge in [0.15, 0.2) is 0 Å². The monoisotopic (exact) mass is 240 g/mol. The van der Waals surface area contributed by atoms with Gasteiger partial charge in [0.25, 0.3) is 0 Å². The van der Waals surface area contributed by atoms with Crippen molar-refractivity contribution in [1.82, 2.24) is 4.72 Å². The van der Waals surface area contributed by atoms with E-state index >= 15 is 0 Å². The minimum absolute atomic E-state index is 0.0762. The predicted octanol–water partition coefficient (Wildman–Crippen LogP) is -0.0788. The first-order chi connectivity index (χ1) is 7.45. The molecule has 1 aromatic rings. The Morgan fingerprint density at radius 2 is 1.94 bits per heavy atom. The van der Waals surface area contributed by atoms with Gasteiger partial charge >= 0.3 is 5.97 Å². The van der Waals surface area contributed by atoms with E-state index in [1.807, 2.05) is 10.8 Å². The minimum atomic E-state index is -3.82. The van der Waals surface area contributed by atoms with E-state index in [9.17, 15) is 13.2 Å². The molecule has 0 fully saturated rings. The highest BCUT2D eigenvalue weighted by atomic mass is 32.2. The Labute approximate surface area is 92.2 Å². The molecule has 0 bridgehead atoms. The van der Waals surface area contributed by atoms with Gasteiger partial charge in [-0.3, -0.25) is 4.79 Å². The van der Waals surface area contributed by atoms with Crippen molar-refractivity contribution >= 4 is 16.0 Å². The number of benzene rings is 1. The summed E-state index contributed by atoms with van der Waals surface area (Å²) in [5, 5.41) is 16.9. The number of carboxylic acid groups (broad SMARTS) is 1. The molecule has 7 heteroatoms. The quantitative estimate of drug-likeness (QED) is 0.765. The smallest absolute Gasteiger partial charge is 0.318 e. The second-order valence-electron chi connectivity index (χ2n) is 2.85. The Kier molecular flexibility index (Phi) is 3.60. The number of nitrogens with zero attached hydrogens (tertiary/aromatic N) is 1. The lowest BCUT2D eigenvalue weighted by Crippen LogP contribution is -2.29. The van der Waals surface area contributed by atoms with E-state index < -0.39 is 22.5 Å². The van der Waals surface area contributed by atoms with Crippen LogP contribution in [0.5, 0.6) is 0 Å². The number of rotatable bonds is 4. The summed E-state index contributed by atoms with van der Waals surface area (Å²) in [6.45, 7) is -0.678. The Hall–Kier alpha value is -1.91. The Balaban J connectivity index is 2.91. The summed E-state index contributed by atoms with van der Waals surface area (Å²) in [5.41, 5.74) is 0.331. The van der Waals surface area contributed by atoms with E-state index in [0.29, 0.717) is 5.56 Å². The van der Waals surface area contributed by atoms with Gasteiger partial charge in [0.05, 0.1) is 16.5 Å². The summed E-state index contributed by atoms with van der Waals surface area (Å²) in [5.74, 6) is -1.27. The van der Waals surface area contributed by atoms with Crippen LogP contribution >= 0.6 is 0 Å². The molecule has 2 N–H and O–H groups in total. The molecule has 0 aliphatic heterocycles. The van der Waals surface area contributed by atoms with Crippen molar-refractivity contribution in [2.45, 2.75) is 4.90 Å². The van der Waals surface area contributed by atoms with Crippen LogP contribution in [0.3, 0.4) is 0 Å². The fourth-order valence-electron chi connectivity index (χ4n) is 0.949. The zero-order valence-electron chi connectivity index (χ0n) is 8.04. The van der Waals surface area contributed by atoms with Gasteiger partial charge in [-0.15, -0.1) is 0 Å². The van der Waals surface area contributed by atoms with Gasteiger partial charge in [0.2, 0.25) is 10.0 Å². The number of carbonyl (C=O) groups is 1. The maximum absolute atomic E-state index is 11.5. The Bertz CT molecular complexity index is 528. The van der Waals surface area contributed by atoms with Gasteiger partial charge in [-0.05, 0) is 24.3 Å². The highest BCUT2D eigenvalue weighted by molar-refractivity contribution is 7.89. The largest absolute Gasteiger partial charge is 0.480 e. The normalized spacial score (nSPS) is 10.7. The topological polar surface area (TPSA) is 107 Å². The Morgan fingerprint density at radius 3 is 2.38 bits per heavy atom. The molecule has 1 aromatic carbocycles. The Morgan fingerprint density at radius 1 is 1.38 bits per heavy atom. The fourth-order valence-corrected chi connectivity index (χ4v) is 1.92. The van der Waals surface area contributed by atoms with Crippen LogP contribution in [-0.4, -0.2) is 26.0 Å². The number of carboxylic acids is 1. The van der Waals surface area contributed by atoms with Crippen LogP contribution in [0.4, 0.5) is 0 Å². The first kappa shape index (κ1) is 12.2. The number of hydrogen-bond acceptors (Lipinski definition) is 4. The second-order valence-corrected chi connectivity index (χ2v) is 4.62. The lowest BCUT2D eigenvalue weighted by atomic mass is 10.2. The van der Waals surface area contributed by atoms with Crippen LogP contribution in [-0.2, 0) is 14.8 Å². The summed E-state index contributed by atoms with van der Waals surface area (Å²) in [6, 6.07) is 7.01. The van der Waals surface area contributed by atoms with E-state index in [1.54, 1.807) is 0 Å². The molecule has 84 valence electrons. The van der Waals surface area contributed by atoms with Crippen molar-refractivity contribution < 1.29 is 18.3 Å². The van der Waals surface area contributed by atoms with Crippen LogP contribution in [0, 0.1) is 11.3 Å². The zero-order valence-corrected chi connectivity index (χ0v) is 8.86. The van der Waals surface area contributed by atoms with Crippen molar-refractivity contribution in [2.24, 2.45) is 0 Å². The zero-order chi connectivity index (χ0) is 12.2. The van der Waals surface area contributed by atoms with E-state index in [0.717, 1.165) is 0 Å². The molecule has 0 radical (unpaired) electrons. The molecule has 1 rings (SSSR count). The predicted molar refractivity (Wildman–Crippen MR) is 54.0 cm³/mol. The van der Waals surface area contributed by atoms with Crippen LogP contribution in [0.15, 0.2) is 29.2 Å². The van der Waals surface area contributed by atoms with E-state index in [-0.39, 0.29) is 4.90 Å². The van der Waals surface area contributed by atoms with Gasteiger partial charge in [0.1, 0.15) is 6.54 Å². The van der Waals surface area contributed by atoms with Gasteiger partial charge in [-0.2, -0.15) is 9.98 Å². The third-order valence-corrected chi connectivity index (χ3v) is 3.12. The highest BCUT2D eigenvalue weighted by Crippen LogP contribution is 2.09. The third-order valence-electron chi connectivity index (χ3n) is 1.71. The van der Waals surface area contributed by atoms with Crippen molar-refractivity contribution in [3.05, 3.63) is 29.8 Å². The van der Waals surface area contributed by atoms with E-state index in [2.05, 4.69) is 0 Å². The SMILES string of the molecule is N#Cc1ccc(S(=O)(=O)NCC(=O)O)cc1. The number of aliphatic carboxylic acids is 1. The maximum Gasteiger partial charge on any atom is 0.318 e. The molecule has 0 saturated carbocycles. The standard InChI is InChI=1S/C9H8N2O4S/c10-5-7-1-3-8(4-2-7)16(14,15)11-6-9(12)13/h1-4,11H,6H2,(H,12,13). The summed E-state index contributed by atoms with van der Waals surface area (Å²) in [7, 11) is -3.82. The molecule has 0 spiro atoms. The highest BCUT2D eigenvalue weighted by Gasteiger charge is 2.14. The molecule has 0 heterocycles. The van der Waals surface area contributed by atoms with Gasteiger partial charge < -0.3 is 5.11 Å². The average molecular weight is 240 g/mol. The van der Waals surface area contributed by atoms with Crippen LogP contribution in [0.1, 0.15) is 5.56 Å². The molecular weight excluding hydrogens is 232 g/mol. The van der Waals surface area contributed by atoms with E-state index in [4.69, 9.17) is 10.4 Å². The number of hydrogen-bond donors (Lipinski definition) is 2. The van der Waals surface area contributed by atoms with Crippen LogP contribution in [0.2, 0.25) is 0 Å². The number of nitriles is 1. The molecule has 0 atom stereocenters. The fraction of sp³-hybridized carbons (Fsp3) is 0.111. The van der Waals surface area contributed by atoms with Crippen molar-refractivity contribution in [1.29, 1.82) is 5.26 Å². The molecule has 0 saturated heterocycles. The molecule has 0 aromatic heterocycles. The lowest BCUT2D eigenvalue weighted by molar-refractivity contribution is -0.135. The van der Waals surface area contributed by atoms with Gasteiger partial charge in [-0.1, -0.05) is 0 Å². The number of sulfonamides is 1. The molecule has 0 aliphatic rings. The third kappa shape index (κ3) is 3.05. The van der Waals surface area contributed by atoms with Crippen molar-refractivity contribution in [2.75, 3.05) is 6.54 Å². The summed E-state index contributed by atoms with van der Waals surface area (Å²) in [4.78, 5) is 10.1. The average Bonchev–Trinajstić information content (AvgIpc) is 2.27. The second kappa shape index (κ2) is 4.74. The summed E-state index contributed by atoms with van der Waals surface area (Å²) < 4.78 is 24.9. The lowest BCUT2D eigenvalue weighted by Gasteiger charge is -2.03. The molecule has 0 aliphatic carbocycles. The molecule has 6 nitrogen and oxygen atoms in total. The van der Waals surface area contributed by atoms with Crippen molar-refractivity contribution in [3.8, 4) is 6.07 Å². The van der Waals surface area contributed by atoms with Gasteiger partial charge in [0, 0.05) is 0 Å². The van der Waals surface area contributed by atoms with Crippen LogP contribution < -0.4 is 4.72 Å². The van der Waals surface area contributed by atoms with E-state index in [1.165, 1.54) is 24.3 Å². The maximum atomic E-state index is 11.5. The van der Waals surface area contributed by atoms with Gasteiger partial charge in [-0.25, -0.2) is 8.42 Å².